The molecule has 170 valence electrons. The van der Waals surface area contributed by atoms with Crippen molar-refractivity contribution in [3.05, 3.63) is 89.3 Å². The fourth-order valence-corrected chi connectivity index (χ4v) is 3.79. The van der Waals surface area contributed by atoms with Crippen molar-refractivity contribution in [2.24, 2.45) is 0 Å². The van der Waals surface area contributed by atoms with Crippen molar-refractivity contribution >= 4 is 29.3 Å². The zero-order chi connectivity index (χ0) is 23.0. The van der Waals surface area contributed by atoms with Crippen molar-refractivity contribution in [3.8, 4) is 0 Å². The summed E-state index contributed by atoms with van der Waals surface area (Å²) in [5.74, 6) is -1.70. The van der Waals surface area contributed by atoms with E-state index in [-0.39, 0.29) is 12.6 Å². The van der Waals surface area contributed by atoms with Crippen LogP contribution in [0.2, 0.25) is 5.15 Å². The lowest BCUT2D eigenvalue weighted by Crippen LogP contribution is -2.40. The van der Waals surface area contributed by atoms with Crippen LogP contribution in [0.3, 0.4) is 0 Å². The summed E-state index contributed by atoms with van der Waals surface area (Å²) >= 11 is 5.92. The maximum Gasteiger partial charge on any atom is 0.323 e. The minimum Gasteiger partial charge on any atom is -0.461 e. The predicted octanol–water partition coefficient (Wildman–Crippen LogP) is 4.17. The minimum absolute atomic E-state index is 0.175. The quantitative estimate of drug-likeness (QED) is 0.296. The molecule has 0 aliphatic carbocycles. The third-order valence-electron chi connectivity index (χ3n) is 5.39. The molecule has 1 unspecified atom stereocenters. The highest BCUT2D eigenvalue weighted by atomic mass is 35.5. The van der Waals surface area contributed by atoms with Crippen molar-refractivity contribution in [3.63, 3.8) is 0 Å². The zero-order valence-corrected chi connectivity index (χ0v) is 18.7. The molecule has 2 aromatic heterocycles. The number of rotatable bonds is 7. The molecule has 0 bridgehead atoms. The molecule has 3 heterocycles. The molecule has 0 N–H and O–H groups in total. The van der Waals surface area contributed by atoms with E-state index in [0.29, 0.717) is 42.6 Å². The molecule has 4 rings (SSSR count). The van der Waals surface area contributed by atoms with Crippen molar-refractivity contribution in [1.29, 1.82) is 0 Å². The number of esters is 1. The average molecular weight is 466 g/mol. The Morgan fingerprint density at radius 1 is 1.03 bits per heavy atom. The highest BCUT2D eigenvalue weighted by Gasteiger charge is 2.36. The van der Waals surface area contributed by atoms with Gasteiger partial charge < -0.3 is 9.47 Å². The molecule has 0 saturated carbocycles. The molecule has 7 nitrogen and oxygen atoms in total. The number of halogens is 1. The molecular formula is C25H24ClN3O4. The summed E-state index contributed by atoms with van der Waals surface area (Å²) in [5.41, 5.74) is 1.32. The number of anilines is 1. The Bertz CT molecular complexity index is 1060. The maximum absolute atomic E-state index is 13.9. The summed E-state index contributed by atoms with van der Waals surface area (Å²) in [4.78, 5) is 37.2. The van der Waals surface area contributed by atoms with Gasteiger partial charge in [0.15, 0.2) is 5.92 Å². The molecule has 1 aliphatic rings. The van der Waals surface area contributed by atoms with Crippen LogP contribution in [0.5, 0.6) is 0 Å². The van der Waals surface area contributed by atoms with Gasteiger partial charge in [-0.25, -0.2) is 9.97 Å². The van der Waals surface area contributed by atoms with Crippen LogP contribution < -0.4 is 4.90 Å². The molecule has 1 aromatic carbocycles. The van der Waals surface area contributed by atoms with Gasteiger partial charge in [0.1, 0.15) is 17.1 Å². The van der Waals surface area contributed by atoms with E-state index >= 15 is 0 Å². The van der Waals surface area contributed by atoms with Gasteiger partial charge in [0.25, 0.3) is 0 Å². The molecule has 8 heteroatoms. The largest absolute Gasteiger partial charge is 0.461 e. The first-order chi connectivity index (χ1) is 16.1. The second kappa shape index (κ2) is 11.0. The normalized spacial score (nSPS) is 14.9. The number of nitrogens with zero attached hydrogens (tertiary/aromatic N) is 3. The first-order valence-corrected chi connectivity index (χ1v) is 11.2. The number of benzene rings is 1. The monoisotopic (exact) mass is 465 g/mol. The van der Waals surface area contributed by atoms with Crippen LogP contribution in [0.1, 0.15) is 29.9 Å². The van der Waals surface area contributed by atoms with Crippen LogP contribution in [0, 0.1) is 0 Å². The zero-order valence-electron chi connectivity index (χ0n) is 18.0. The second-order valence-electron chi connectivity index (χ2n) is 7.69. The smallest absolute Gasteiger partial charge is 0.323 e. The first-order valence-electron chi connectivity index (χ1n) is 10.8. The van der Waals surface area contributed by atoms with Gasteiger partial charge >= 0.3 is 5.97 Å². The van der Waals surface area contributed by atoms with E-state index in [1.54, 1.807) is 67.0 Å². The highest BCUT2D eigenvalue weighted by Crippen LogP contribution is 2.26. The Balaban J connectivity index is 1.66. The van der Waals surface area contributed by atoms with Crippen LogP contribution >= 0.6 is 11.6 Å². The average Bonchev–Trinajstić information content (AvgIpc) is 2.85. The van der Waals surface area contributed by atoms with Gasteiger partial charge in [0, 0.05) is 25.2 Å². The van der Waals surface area contributed by atoms with Crippen molar-refractivity contribution in [2.45, 2.75) is 31.4 Å². The number of ether oxygens (including phenoxy) is 2. The number of pyridine rings is 2. The number of carbonyl (C=O) groups is 2. The topological polar surface area (TPSA) is 81.6 Å². The molecule has 33 heavy (non-hydrogen) atoms. The van der Waals surface area contributed by atoms with E-state index < -0.39 is 17.8 Å². The standard InChI is InChI=1S/C25H24ClN3O4/c26-21-10-9-18(16-28-21)17-29(22-8-4-5-13-27-22)24(30)23(19-6-2-1-3-7-19)25(31)33-20-11-14-32-15-12-20/h1-10,13,16,20,23H,11-12,14-15,17H2. The van der Waals surface area contributed by atoms with Crippen molar-refractivity contribution < 1.29 is 19.1 Å². The van der Waals surface area contributed by atoms with Crippen molar-refractivity contribution in [1.82, 2.24) is 9.97 Å². The van der Waals surface area contributed by atoms with E-state index in [9.17, 15) is 9.59 Å². The van der Waals surface area contributed by atoms with Gasteiger partial charge in [-0.15, -0.1) is 0 Å². The van der Waals surface area contributed by atoms with Crippen LogP contribution in [0.4, 0.5) is 5.82 Å². The molecule has 1 aliphatic heterocycles. The van der Waals surface area contributed by atoms with Crippen LogP contribution in [0.15, 0.2) is 73.1 Å². The van der Waals surface area contributed by atoms with Crippen LogP contribution in [0.25, 0.3) is 0 Å². The Morgan fingerprint density at radius 2 is 1.79 bits per heavy atom. The number of hydrogen-bond donors (Lipinski definition) is 0. The summed E-state index contributed by atoms with van der Waals surface area (Å²) in [6, 6.07) is 17.7. The summed E-state index contributed by atoms with van der Waals surface area (Å²) in [7, 11) is 0. The van der Waals surface area contributed by atoms with Gasteiger partial charge in [-0.05, 0) is 29.3 Å². The molecule has 0 radical (unpaired) electrons. The minimum atomic E-state index is -1.13. The summed E-state index contributed by atoms with van der Waals surface area (Å²) in [6.45, 7) is 1.24. The van der Waals surface area contributed by atoms with E-state index in [1.807, 2.05) is 6.07 Å². The van der Waals surface area contributed by atoms with Crippen molar-refractivity contribution in [2.75, 3.05) is 18.1 Å². The third-order valence-corrected chi connectivity index (χ3v) is 5.61. The molecule has 1 amide bonds. The summed E-state index contributed by atoms with van der Waals surface area (Å²) < 4.78 is 11.1. The van der Waals surface area contributed by atoms with Gasteiger partial charge in [-0.1, -0.05) is 54.1 Å². The van der Waals surface area contributed by atoms with E-state index in [4.69, 9.17) is 21.1 Å². The van der Waals surface area contributed by atoms with E-state index in [0.717, 1.165) is 5.56 Å². The third kappa shape index (κ3) is 5.94. The Labute approximate surface area is 197 Å². The molecule has 1 atom stereocenters. The SMILES string of the molecule is O=C(OC1CCOCC1)C(C(=O)N(Cc1ccc(Cl)nc1)c1ccccn1)c1ccccc1. The lowest BCUT2D eigenvalue weighted by atomic mass is 9.97. The Hall–Kier alpha value is -3.29. The second-order valence-corrected chi connectivity index (χ2v) is 8.08. The molecule has 0 spiro atoms. The first kappa shape index (κ1) is 22.9. The Morgan fingerprint density at radius 3 is 2.45 bits per heavy atom. The number of aromatic nitrogens is 2. The molecular weight excluding hydrogens is 442 g/mol. The fourth-order valence-electron chi connectivity index (χ4n) is 3.67. The Kier molecular flexibility index (Phi) is 7.65. The molecule has 1 saturated heterocycles. The number of hydrogen-bond acceptors (Lipinski definition) is 6. The van der Waals surface area contributed by atoms with Crippen LogP contribution in [-0.2, 0) is 25.6 Å². The summed E-state index contributed by atoms with van der Waals surface area (Å²) in [5, 5.41) is 0.358. The molecule has 1 fully saturated rings. The number of amides is 1. The van der Waals surface area contributed by atoms with E-state index in [2.05, 4.69) is 9.97 Å². The van der Waals surface area contributed by atoms with Gasteiger partial charge in [-0.2, -0.15) is 0 Å². The van der Waals surface area contributed by atoms with Gasteiger partial charge in [-0.3, -0.25) is 14.5 Å². The van der Waals surface area contributed by atoms with Gasteiger partial charge in [0.05, 0.1) is 19.8 Å². The van der Waals surface area contributed by atoms with E-state index in [1.165, 1.54) is 4.90 Å². The molecule has 3 aromatic rings. The number of carbonyl (C=O) groups excluding carboxylic acids is 2. The fraction of sp³-hybridized carbons (Fsp3) is 0.280. The maximum atomic E-state index is 13.9. The predicted molar refractivity (Wildman–Crippen MR) is 124 cm³/mol. The van der Waals surface area contributed by atoms with Crippen LogP contribution in [-0.4, -0.2) is 41.2 Å². The highest BCUT2D eigenvalue weighted by molar-refractivity contribution is 6.29. The lowest BCUT2D eigenvalue weighted by molar-refractivity contribution is -0.156. The van der Waals surface area contributed by atoms with Gasteiger partial charge in [0.2, 0.25) is 5.91 Å². The lowest BCUT2D eigenvalue weighted by Gasteiger charge is -2.28. The summed E-state index contributed by atoms with van der Waals surface area (Å²) in [6.07, 6.45) is 4.16.